The molecule has 49 heavy (non-hydrogen) atoms. The highest BCUT2D eigenvalue weighted by Crippen LogP contribution is 2.29. The van der Waals surface area contributed by atoms with Crippen LogP contribution in [0.15, 0.2) is 83.3 Å². The molecule has 3 aliphatic heterocycles. The molecule has 0 spiro atoms. The van der Waals surface area contributed by atoms with Gasteiger partial charge in [-0.05, 0) is 75.2 Å². The van der Waals surface area contributed by atoms with Crippen LogP contribution in [-0.4, -0.2) is 98.3 Å². The monoisotopic (exact) mass is 662 g/mol. The van der Waals surface area contributed by atoms with Gasteiger partial charge in [-0.15, -0.1) is 0 Å². The van der Waals surface area contributed by atoms with Crippen molar-refractivity contribution in [2.75, 3.05) is 51.7 Å². The normalized spacial score (nSPS) is 19.6. The number of para-hydroxylation sites is 1. The van der Waals surface area contributed by atoms with E-state index in [4.69, 9.17) is 15.2 Å². The first-order chi connectivity index (χ1) is 23.7. The number of pyridine rings is 1. The molecule has 4 aromatic rings. The van der Waals surface area contributed by atoms with E-state index in [1.807, 2.05) is 60.7 Å². The van der Waals surface area contributed by atoms with Crippen LogP contribution in [0.5, 0.6) is 11.5 Å². The van der Waals surface area contributed by atoms with Gasteiger partial charge in [0.05, 0.1) is 36.5 Å². The standard InChI is InChI=1S/C37H42N8O4/c1-37(2,42-19-17-41(18-20-42)29-24-48-25-29)21-26(22-38)35(46)43-16-6-7-28(43)23-44-32-14-15-40-34(39)33(32)45(36(44)47)27-10-12-31(13-11-27)49-30-8-4-3-5-9-30/h3-5,8-15,21,28-29H,6-7,16-20,23-25H2,1-2H3,(H2,39,40)/b26-21+/t28-/m0/s1. The summed E-state index contributed by atoms with van der Waals surface area (Å²) < 4.78 is 14.6. The first-order valence-electron chi connectivity index (χ1n) is 16.9. The van der Waals surface area contributed by atoms with E-state index in [0.29, 0.717) is 47.2 Å². The van der Waals surface area contributed by atoms with Crippen molar-refractivity contribution < 1.29 is 14.3 Å². The minimum absolute atomic E-state index is 0.132. The molecule has 0 bridgehead atoms. The number of nitriles is 1. The van der Waals surface area contributed by atoms with Gasteiger partial charge in [-0.25, -0.2) is 9.78 Å². The average Bonchev–Trinajstić information content (AvgIpc) is 3.66. The minimum atomic E-state index is -0.477. The Morgan fingerprint density at radius 2 is 1.76 bits per heavy atom. The number of fused-ring (bicyclic) bond motifs is 1. The lowest BCUT2D eigenvalue weighted by molar-refractivity contribution is -0.127. The molecule has 5 heterocycles. The van der Waals surface area contributed by atoms with Gasteiger partial charge in [-0.1, -0.05) is 18.2 Å². The predicted octanol–water partition coefficient (Wildman–Crippen LogP) is 3.80. The molecule has 7 rings (SSSR count). The van der Waals surface area contributed by atoms with Crippen LogP contribution < -0.4 is 16.2 Å². The quantitative estimate of drug-likeness (QED) is 0.210. The molecule has 0 radical (unpaired) electrons. The minimum Gasteiger partial charge on any atom is -0.457 e. The van der Waals surface area contributed by atoms with Gasteiger partial charge >= 0.3 is 5.69 Å². The van der Waals surface area contributed by atoms with Crippen molar-refractivity contribution in [2.45, 2.75) is 50.9 Å². The average molecular weight is 663 g/mol. The molecule has 2 aromatic carbocycles. The molecule has 3 aliphatic rings. The van der Waals surface area contributed by atoms with Gasteiger partial charge in [0.15, 0.2) is 0 Å². The van der Waals surface area contributed by atoms with Gasteiger partial charge in [0.25, 0.3) is 5.91 Å². The Kier molecular flexibility index (Phi) is 8.98. The second kappa shape index (κ2) is 13.5. The van der Waals surface area contributed by atoms with Gasteiger partial charge in [-0.2, -0.15) is 5.26 Å². The smallest absolute Gasteiger partial charge is 0.333 e. The molecule has 0 unspecified atom stereocenters. The van der Waals surface area contributed by atoms with Crippen LogP contribution in [0.1, 0.15) is 26.7 Å². The van der Waals surface area contributed by atoms with Crippen molar-refractivity contribution in [2.24, 2.45) is 0 Å². The molecule has 12 heteroatoms. The number of carbonyl (C=O) groups is 1. The van der Waals surface area contributed by atoms with Gasteiger partial charge in [0.1, 0.15) is 34.5 Å². The number of amides is 1. The van der Waals surface area contributed by atoms with E-state index < -0.39 is 5.54 Å². The van der Waals surface area contributed by atoms with Crippen LogP contribution >= 0.6 is 0 Å². The summed E-state index contributed by atoms with van der Waals surface area (Å²) in [5, 5.41) is 10.2. The summed E-state index contributed by atoms with van der Waals surface area (Å²) in [5.74, 6) is 1.28. The number of carbonyl (C=O) groups excluding carboxylic acids is 1. The second-order valence-corrected chi connectivity index (χ2v) is 13.5. The second-order valence-electron chi connectivity index (χ2n) is 13.5. The third-order valence-corrected chi connectivity index (χ3v) is 10.1. The fraction of sp³-hybridized carbons (Fsp3) is 0.405. The van der Waals surface area contributed by atoms with Gasteiger partial charge < -0.3 is 20.1 Å². The van der Waals surface area contributed by atoms with Gasteiger partial charge in [0.2, 0.25) is 0 Å². The Hall–Kier alpha value is -4.96. The number of likely N-dealkylation sites (tertiary alicyclic amines) is 1. The van der Waals surface area contributed by atoms with Crippen LogP contribution in [0.3, 0.4) is 0 Å². The van der Waals surface area contributed by atoms with Gasteiger partial charge in [-0.3, -0.25) is 23.7 Å². The van der Waals surface area contributed by atoms with E-state index in [0.717, 1.165) is 45.8 Å². The van der Waals surface area contributed by atoms with Crippen LogP contribution in [0.4, 0.5) is 5.82 Å². The summed E-state index contributed by atoms with van der Waals surface area (Å²) in [6.07, 6.45) is 4.91. The van der Waals surface area contributed by atoms with E-state index in [1.165, 1.54) is 0 Å². The number of hydrogen-bond acceptors (Lipinski definition) is 9. The van der Waals surface area contributed by atoms with E-state index in [-0.39, 0.29) is 35.6 Å². The number of aromatic nitrogens is 3. The van der Waals surface area contributed by atoms with Crippen LogP contribution in [-0.2, 0) is 16.1 Å². The molecule has 1 atom stereocenters. The summed E-state index contributed by atoms with van der Waals surface area (Å²) in [6.45, 7) is 10.1. The molecule has 0 aliphatic carbocycles. The highest BCUT2D eigenvalue weighted by Gasteiger charge is 2.36. The van der Waals surface area contributed by atoms with E-state index in [1.54, 1.807) is 26.3 Å². The molecule has 254 valence electrons. The number of rotatable bonds is 9. The maximum atomic E-state index is 14.2. The van der Waals surface area contributed by atoms with Crippen molar-refractivity contribution in [3.05, 3.63) is 89.0 Å². The van der Waals surface area contributed by atoms with Crippen LogP contribution in [0.2, 0.25) is 0 Å². The van der Waals surface area contributed by atoms with Crippen molar-refractivity contribution in [1.29, 1.82) is 5.26 Å². The van der Waals surface area contributed by atoms with Crippen molar-refractivity contribution >= 4 is 22.8 Å². The van der Waals surface area contributed by atoms with E-state index in [2.05, 4.69) is 34.7 Å². The Balaban J connectivity index is 1.12. The summed E-state index contributed by atoms with van der Waals surface area (Å²) in [6, 6.07) is 20.9. The Bertz CT molecular complexity index is 1950. The first-order valence-corrected chi connectivity index (χ1v) is 16.9. The molecule has 0 saturated carbocycles. The highest BCUT2D eigenvalue weighted by atomic mass is 16.5. The maximum Gasteiger partial charge on any atom is 0.333 e. The molecule has 12 nitrogen and oxygen atoms in total. The first kappa shape index (κ1) is 32.6. The van der Waals surface area contributed by atoms with Crippen LogP contribution in [0.25, 0.3) is 16.7 Å². The lowest BCUT2D eigenvalue weighted by Gasteiger charge is -2.46. The zero-order valence-electron chi connectivity index (χ0n) is 28.0. The fourth-order valence-corrected chi connectivity index (χ4v) is 7.27. The van der Waals surface area contributed by atoms with E-state index >= 15 is 0 Å². The Morgan fingerprint density at radius 3 is 2.43 bits per heavy atom. The highest BCUT2D eigenvalue weighted by molar-refractivity contribution is 5.98. The lowest BCUT2D eigenvalue weighted by atomic mass is 9.97. The van der Waals surface area contributed by atoms with E-state index in [9.17, 15) is 14.9 Å². The largest absolute Gasteiger partial charge is 0.457 e. The third kappa shape index (κ3) is 6.45. The zero-order valence-corrected chi connectivity index (χ0v) is 28.0. The molecule has 3 saturated heterocycles. The number of benzene rings is 2. The van der Waals surface area contributed by atoms with Crippen molar-refractivity contribution in [3.8, 4) is 23.3 Å². The molecule has 1 amide bonds. The maximum absolute atomic E-state index is 14.2. The summed E-state index contributed by atoms with van der Waals surface area (Å²) in [5.41, 5.74) is 7.50. The fourth-order valence-electron chi connectivity index (χ4n) is 7.27. The number of piperazine rings is 1. The summed E-state index contributed by atoms with van der Waals surface area (Å²) in [4.78, 5) is 39.0. The molecule has 3 fully saturated rings. The number of nitrogen functional groups attached to an aromatic ring is 1. The molecular formula is C37H42N8O4. The molecule has 2 N–H and O–H groups in total. The topological polar surface area (TPSA) is 135 Å². The third-order valence-electron chi connectivity index (χ3n) is 10.1. The predicted molar refractivity (Wildman–Crippen MR) is 187 cm³/mol. The Morgan fingerprint density at radius 1 is 1.04 bits per heavy atom. The number of imidazole rings is 1. The van der Waals surface area contributed by atoms with Crippen molar-refractivity contribution in [1.82, 2.24) is 28.8 Å². The molecule has 2 aromatic heterocycles. The molecular weight excluding hydrogens is 620 g/mol. The van der Waals surface area contributed by atoms with Crippen molar-refractivity contribution in [3.63, 3.8) is 0 Å². The van der Waals surface area contributed by atoms with Crippen LogP contribution in [0, 0.1) is 11.3 Å². The summed E-state index contributed by atoms with van der Waals surface area (Å²) >= 11 is 0. The number of hydrogen-bond donors (Lipinski definition) is 1. The summed E-state index contributed by atoms with van der Waals surface area (Å²) in [7, 11) is 0. The number of anilines is 1. The zero-order chi connectivity index (χ0) is 34.1. The number of ether oxygens (including phenoxy) is 2. The van der Waals surface area contributed by atoms with Gasteiger partial charge in [0, 0.05) is 51.0 Å². The lowest BCUT2D eigenvalue weighted by Crippen LogP contribution is -2.59. The SMILES string of the molecule is CC(C)(/C=C(\C#N)C(=O)N1CCC[C@H]1Cn1c(=O)n(-c2ccc(Oc3ccccc3)cc2)c2c(N)nccc21)N1CCN(C2COC2)CC1. The Labute approximate surface area is 285 Å². The number of nitrogens with two attached hydrogens (primary N) is 1. The number of nitrogens with zero attached hydrogens (tertiary/aromatic N) is 7.